The standard InChI is InChI=1S/C15H13F3N2O2S.C2HF3O2/c16-15(17,18)14(21)12-3-2-11(23-12)10-1-4-13(19-9-10)20-5-7-22-8-6-20;3-2(4,5)1(6)7/h1-4,9H,5-8H2;(H,6,7). The number of carbonyl (C=O) groups is 2. The molecule has 0 spiro atoms. The monoisotopic (exact) mass is 456 g/mol. The van der Waals surface area contributed by atoms with Crippen molar-refractivity contribution < 1.29 is 45.8 Å². The van der Waals surface area contributed by atoms with Crippen LogP contribution in [0.1, 0.15) is 9.67 Å². The van der Waals surface area contributed by atoms with Crippen LogP contribution in [0.25, 0.3) is 10.4 Å². The molecular formula is C17H14F6N2O4S. The highest BCUT2D eigenvalue weighted by molar-refractivity contribution is 7.17. The average molecular weight is 456 g/mol. The number of carbonyl (C=O) groups excluding carboxylic acids is 1. The first-order valence-corrected chi connectivity index (χ1v) is 9.02. The number of morpholine rings is 1. The van der Waals surface area contributed by atoms with Crippen LogP contribution in [-0.4, -0.2) is 60.5 Å². The van der Waals surface area contributed by atoms with Gasteiger partial charge in [-0.05, 0) is 24.3 Å². The number of ether oxygens (including phenoxy) is 1. The molecule has 3 rings (SSSR count). The molecule has 0 aliphatic carbocycles. The Kier molecular flexibility index (Phi) is 7.42. The molecule has 0 amide bonds. The molecule has 0 unspecified atom stereocenters. The van der Waals surface area contributed by atoms with Gasteiger partial charge in [0.1, 0.15) is 5.82 Å². The summed E-state index contributed by atoms with van der Waals surface area (Å²) in [6.07, 6.45) is -8.32. The zero-order chi connectivity index (χ0) is 22.5. The van der Waals surface area contributed by atoms with Gasteiger partial charge in [-0.15, -0.1) is 11.3 Å². The van der Waals surface area contributed by atoms with E-state index in [4.69, 9.17) is 14.6 Å². The molecule has 13 heteroatoms. The SMILES string of the molecule is O=C(O)C(F)(F)F.O=C(c1ccc(-c2ccc(N3CCOCC3)nc2)s1)C(F)(F)F. The highest BCUT2D eigenvalue weighted by Gasteiger charge is 2.40. The van der Waals surface area contributed by atoms with E-state index in [9.17, 15) is 31.1 Å². The quantitative estimate of drug-likeness (QED) is 0.555. The highest BCUT2D eigenvalue weighted by Crippen LogP contribution is 2.32. The van der Waals surface area contributed by atoms with Gasteiger partial charge in [-0.2, -0.15) is 26.3 Å². The van der Waals surface area contributed by atoms with Crippen LogP contribution in [0.3, 0.4) is 0 Å². The summed E-state index contributed by atoms with van der Waals surface area (Å²) < 4.78 is 74.3. The number of halogens is 6. The molecule has 164 valence electrons. The van der Waals surface area contributed by atoms with Crippen molar-refractivity contribution in [1.82, 2.24) is 4.98 Å². The number of aliphatic carboxylic acids is 1. The van der Waals surface area contributed by atoms with E-state index in [-0.39, 0.29) is 4.88 Å². The van der Waals surface area contributed by atoms with Crippen LogP contribution < -0.4 is 4.90 Å². The van der Waals surface area contributed by atoms with E-state index in [1.165, 1.54) is 12.1 Å². The first-order valence-electron chi connectivity index (χ1n) is 8.20. The Morgan fingerprint density at radius 2 is 1.60 bits per heavy atom. The van der Waals surface area contributed by atoms with Crippen LogP contribution in [0.15, 0.2) is 30.5 Å². The summed E-state index contributed by atoms with van der Waals surface area (Å²) in [5, 5.41) is 7.12. The molecule has 2 aromatic rings. The van der Waals surface area contributed by atoms with Gasteiger partial charge in [0.25, 0.3) is 5.78 Å². The first-order chi connectivity index (χ1) is 13.9. The fourth-order valence-corrected chi connectivity index (χ4v) is 3.22. The number of carboxylic acids is 1. The molecule has 30 heavy (non-hydrogen) atoms. The second kappa shape index (κ2) is 9.43. The summed E-state index contributed by atoms with van der Waals surface area (Å²) in [5.41, 5.74) is 0.688. The van der Waals surface area contributed by atoms with Crippen molar-refractivity contribution in [3.05, 3.63) is 35.3 Å². The predicted molar refractivity (Wildman–Crippen MR) is 94.7 cm³/mol. The summed E-state index contributed by atoms with van der Waals surface area (Å²) in [4.78, 5) is 26.8. The molecule has 2 aromatic heterocycles. The molecular weight excluding hydrogens is 442 g/mol. The number of thiophene rings is 1. The van der Waals surface area contributed by atoms with E-state index >= 15 is 0 Å². The second-order valence-electron chi connectivity index (χ2n) is 5.80. The molecule has 0 atom stereocenters. The Bertz CT molecular complexity index is 874. The number of carboxylic acid groups (broad SMARTS) is 1. The fourth-order valence-electron chi connectivity index (χ4n) is 2.27. The predicted octanol–water partition coefficient (Wildman–Crippen LogP) is 4.03. The lowest BCUT2D eigenvalue weighted by Crippen LogP contribution is -2.36. The number of rotatable bonds is 3. The van der Waals surface area contributed by atoms with Crippen molar-refractivity contribution in [3.8, 4) is 10.4 Å². The molecule has 1 fully saturated rings. The third-order valence-corrected chi connectivity index (χ3v) is 4.83. The third kappa shape index (κ3) is 6.42. The van der Waals surface area contributed by atoms with Gasteiger partial charge in [-0.3, -0.25) is 4.79 Å². The van der Waals surface area contributed by atoms with Crippen LogP contribution in [0.5, 0.6) is 0 Å². The van der Waals surface area contributed by atoms with Crippen molar-refractivity contribution in [2.24, 2.45) is 0 Å². The number of alkyl halides is 6. The minimum atomic E-state index is -5.08. The van der Waals surface area contributed by atoms with Crippen LogP contribution in [-0.2, 0) is 9.53 Å². The van der Waals surface area contributed by atoms with Crippen molar-refractivity contribution in [3.63, 3.8) is 0 Å². The summed E-state index contributed by atoms with van der Waals surface area (Å²) in [5.74, 6) is -3.76. The molecule has 0 aromatic carbocycles. The van der Waals surface area contributed by atoms with Gasteiger partial charge in [-0.1, -0.05) is 0 Å². The maximum absolute atomic E-state index is 12.4. The number of nitrogens with zero attached hydrogens (tertiary/aromatic N) is 2. The van der Waals surface area contributed by atoms with Crippen LogP contribution >= 0.6 is 11.3 Å². The van der Waals surface area contributed by atoms with Crippen LogP contribution in [0.4, 0.5) is 32.2 Å². The number of anilines is 1. The molecule has 6 nitrogen and oxygen atoms in total. The Hall–Kier alpha value is -2.67. The average Bonchev–Trinajstić information content (AvgIpc) is 3.17. The lowest BCUT2D eigenvalue weighted by atomic mass is 10.2. The van der Waals surface area contributed by atoms with Gasteiger partial charge in [0.2, 0.25) is 0 Å². The first kappa shape index (κ1) is 23.6. The number of hydrogen-bond acceptors (Lipinski definition) is 6. The summed E-state index contributed by atoms with van der Waals surface area (Å²) in [6, 6.07) is 6.33. The number of aromatic nitrogens is 1. The Balaban J connectivity index is 0.000000396. The van der Waals surface area contributed by atoms with E-state index < -0.39 is 24.1 Å². The zero-order valence-corrected chi connectivity index (χ0v) is 15.8. The summed E-state index contributed by atoms with van der Waals surface area (Å²) in [6.45, 7) is 2.82. The number of ketones is 1. The van der Waals surface area contributed by atoms with Crippen LogP contribution in [0, 0.1) is 0 Å². The Labute approximate surface area is 169 Å². The van der Waals surface area contributed by atoms with Gasteiger partial charge < -0.3 is 14.7 Å². The largest absolute Gasteiger partial charge is 0.490 e. The van der Waals surface area contributed by atoms with E-state index in [1.54, 1.807) is 12.3 Å². The molecule has 1 aliphatic heterocycles. The smallest absolute Gasteiger partial charge is 0.475 e. The van der Waals surface area contributed by atoms with Gasteiger partial charge in [-0.25, -0.2) is 9.78 Å². The number of Topliss-reactive ketones (excluding diaryl/α,β-unsaturated/α-hetero) is 1. The summed E-state index contributed by atoms with van der Waals surface area (Å²) >= 11 is 0.819. The molecule has 0 bridgehead atoms. The lowest BCUT2D eigenvalue weighted by Gasteiger charge is -2.27. The van der Waals surface area contributed by atoms with Gasteiger partial charge in [0.05, 0.1) is 18.1 Å². The number of pyridine rings is 1. The van der Waals surface area contributed by atoms with E-state index in [0.29, 0.717) is 23.7 Å². The lowest BCUT2D eigenvalue weighted by molar-refractivity contribution is -0.192. The maximum atomic E-state index is 12.4. The van der Waals surface area contributed by atoms with Crippen molar-refractivity contribution in [1.29, 1.82) is 0 Å². The minimum absolute atomic E-state index is 0.315. The maximum Gasteiger partial charge on any atom is 0.490 e. The molecule has 3 heterocycles. The second-order valence-corrected chi connectivity index (χ2v) is 6.88. The number of hydrogen-bond donors (Lipinski definition) is 1. The normalized spacial score (nSPS) is 14.7. The fraction of sp³-hybridized carbons (Fsp3) is 0.353. The van der Waals surface area contributed by atoms with Crippen molar-refractivity contribution >= 4 is 28.9 Å². The van der Waals surface area contributed by atoms with Gasteiger partial charge in [0, 0.05) is 29.7 Å². The van der Waals surface area contributed by atoms with E-state index in [2.05, 4.69) is 9.88 Å². The highest BCUT2D eigenvalue weighted by atomic mass is 32.1. The molecule has 1 N–H and O–H groups in total. The Morgan fingerprint density at radius 3 is 2.07 bits per heavy atom. The molecule has 0 radical (unpaired) electrons. The molecule has 1 aliphatic rings. The summed E-state index contributed by atoms with van der Waals surface area (Å²) in [7, 11) is 0. The topological polar surface area (TPSA) is 79.7 Å². The van der Waals surface area contributed by atoms with Crippen molar-refractivity contribution in [2.75, 3.05) is 31.2 Å². The van der Waals surface area contributed by atoms with E-state index in [1.807, 2.05) is 6.07 Å². The molecule has 1 saturated heterocycles. The minimum Gasteiger partial charge on any atom is -0.475 e. The molecule has 0 saturated carbocycles. The van der Waals surface area contributed by atoms with Crippen LogP contribution in [0.2, 0.25) is 0 Å². The zero-order valence-electron chi connectivity index (χ0n) is 15.0. The Morgan fingerprint density at radius 1 is 1.00 bits per heavy atom. The third-order valence-electron chi connectivity index (χ3n) is 3.70. The van der Waals surface area contributed by atoms with Gasteiger partial charge >= 0.3 is 18.3 Å². The van der Waals surface area contributed by atoms with Gasteiger partial charge in [0.15, 0.2) is 0 Å². The van der Waals surface area contributed by atoms with Crippen molar-refractivity contribution in [2.45, 2.75) is 12.4 Å². The van der Waals surface area contributed by atoms with E-state index in [0.717, 1.165) is 30.2 Å².